The largest absolute Gasteiger partial charge is 0.416 e. The van der Waals surface area contributed by atoms with Crippen LogP contribution in [0.4, 0.5) is 13.2 Å². The normalized spacial score (nSPS) is 20.3. The molecule has 1 fully saturated rings. The van der Waals surface area contributed by atoms with Gasteiger partial charge in [-0.2, -0.15) is 13.2 Å². The fraction of sp³-hybridized carbons (Fsp3) is 0.375. The van der Waals surface area contributed by atoms with Gasteiger partial charge in [0.15, 0.2) is 0 Å². The molecule has 0 bridgehead atoms. The number of carbonyl (C=O) groups excluding carboxylic acids is 1. The highest BCUT2D eigenvalue weighted by molar-refractivity contribution is 7.11. The molecule has 1 saturated carbocycles. The molecule has 0 radical (unpaired) electrons. The van der Waals surface area contributed by atoms with Gasteiger partial charge in [0.1, 0.15) is 0 Å². The SMILES string of the molecule is Cc1ncc(CNC(=O)C2CC2c2ccc(C(F)(F)F)cc2)s1. The number of alkyl halides is 3. The van der Waals surface area contributed by atoms with E-state index in [0.29, 0.717) is 13.0 Å². The highest BCUT2D eigenvalue weighted by Crippen LogP contribution is 2.48. The van der Waals surface area contributed by atoms with Gasteiger partial charge in [0.2, 0.25) is 5.91 Å². The molecule has 2 unspecified atom stereocenters. The van der Waals surface area contributed by atoms with E-state index in [1.54, 1.807) is 6.20 Å². The standard InChI is InChI=1S/C16H15F3N2OS/c1-9-20-7-12(23-9)8-21-15(22)14-6-13(14)10-2-4-11(5-3-10)16(17,18)19/h2-5,7,13-14H,6,8H2,1H3,(H,21,22). The van der Waals surface area contributed by atoms with Crippen molar-refractivity contribution < 1.29 is 18.0 Å². The van der Waals surface area contributed by atoms with Crippen LogP contribution in [0.1, 0.15) is 33.4 Å². The Morgan fingerprint density at radius 3 is 2.61 bits per heavy atom. The van der Waals surface area contributed by atoms with E-state index in [1.165, 1.54) is 23.5 Å². The minimum Gasteiger partial charge on any atom is -0.351 e. The van der Waals surface area contributed by atoms with Crippen LogP contribution in [0.2, 0.25) is 0 Å². The molecule has 1 aromatic heterocycles. The van der Waals surface area contributed by atoms with E-state index in [9.17, 15) is 18.0 Å². The minimum atomic E-state index is -4.33. The molecule has 1 amide bonds. The Morgan fingerprint density at radius 2 is 2.04 bits per heavy atom. The maximum absolute atomic E-state index is 12.5. The third-order valence-corrected chi connectivity index (χ3v) is 4.81. The summed E-state index contributed by atoms with van der Waals surface area (Å²) in [4.78, 5) is 17.2. The van der Waals surface area contributed by atoms with Gasteiger partial charge in [0, 0.05) is 17.0 Å². The van der Waals surface area contributed by atoms with Gasteiger partial charge < -0.3 is 5.32 Å². The van der Waals surface area contributed by atoms with E-state index in [0.717, 1.165) is 27.6 Å². The number of aryl methyl sites for hydroxylation is 1. The number of rotatable bonds is 4. The van der Waals surface area contributed by atoms with Crippen LogP contribution in [0.25, 0.3) is 0 Å². The molecule has 0 spiro atoms. The van der Waals surface area contributed by atoms with Crippen LogP contribution in [0.3, 0.4) is 0 Å². The number of hydrogen-bond acceptors (Lipinski definition) is 3. The number of halogens is 3. The first-order chi connectivity index (χ1) is 10.8. The van der Waals surface area contributed by atoms with E-state index in [4.69, 9.17) is 0 Å². The molecule has 3 rings (SSSR count). The van der Waals surface area contributed by atoms with Crippen molar-refractivity contribution in [1.29, 1.82) is 0 Å². The Labute approximate surface area is 135 Å². The van der Waals surface area contributed by atoms with Crippen LogP contribution in [0, 0.1) is 12.8 Å². The van der Waals surface area contributed by atoms with E-state index in [2.05, 4.69) is 10.3 Å². The zero-order valence-electron chi connectivity index (χ0n) is 12.4. The Hall–Kier alpha value is -1.89. The van der Waals surface area contributed by atoms with Crippen LogP contribution in [0.5, 0.6) is 0 Å². The first kappa shape index (κ1) is 16.0. The zero-order valence-corrected chi connectivity index (χ0v) is 13.2. The summed E-state index contributed by atoms with van der Waals surface area (Å²) in [6, 6.07) is 5.08. The van der Waals surface area contributed by atoms with Crippen molar-refractivity contribution in [2.75, 3.05) is 0 Å². The van der Waals surface area contributed by atoms with Crippen molar-refractivity contribution in [2.24, 2.45) is 5.92 Å². The van der Waals surface area contributed by atoms with Crippen LogP contribution in [0.15, 0.2) is 30.5 Å². The second-order valence-corrected chi connectivity index (χ2v) is 6.95. The number of hydrogen-bond donors (Lipinski definition) is 1. The fourth-order valence-electron chi connectivity index (χ4n) is 2.56. The van der Waals surface area contributed by atoms with Gasteiger partial charge in [-0.3, -0.25) is 4.79 Å². The fourth-order valence-corrected chi connectivity index (χ4v) is 3.30. The number of thiazole rings is 1. The average Bonchev–Trinajstić information content (AvgIpc) is 3.20. The molecule has 1 aliphatic carbocycles. The molecule has 2 atom stereocenters. The molecule has 122 valence electrons. The maximum Gasteiger partial charge on any atom is 0.416 e. The third kappa shape index (κ3) is 3.72. The summed E-state index contributed by atoms with van der Waals surface area (Å²) in [6.45, 7) is 2.35. The summed E-state index contributed by atoms with van der Waals surface area (Å²) in [6.07, 6.45) is -1.91. The van der Waals surface area contributed by atoms with E-state index >= 15 is 0 Å². The van der Waals surface area contributed by atoms with Gasteiger partial charge in [-0.1, -0.05) is 12.1 Å². The van der Waals surface area contributed by atoms with Crippen LogP contribution >= 0.6 is 11.3 Å². The molecule has 1 N–H and O–H groups in total. The summed E-state index contributed by atoms with van der Waals surface area (Å²) in [5.74, 6) is -0.192. The first-order valence-corrected chi connectivity index (χ1v) is 8.02. The number of carbonyl (C=O) groups is 1. The van der Waals surface area contributed by atoms with E-state index in [1.807, 2.05) is 6.92 Å². The quantitative estimate of drug-likeness (QED) is 0.917. The number of benzene rings is 1. The Morgan fingerprint density at radius 1 is 1.35 bits per heavy atom. The lowest BCUT2D eigenvalue weighted by Gasteiger charge is -2.07. The molecule has 23 heavy (non-hydrogen) atoms. The van der Waals surface area contributed by atoms with Gasteiger partial charge in [0.25, 0.3) is 0 Å². The van der Waals surface area contributed by atoms with Crippen LogP contribution < -0.4 is 5.32 Å². The van der Waals surface area contributed by atoms with Crippen molar-refractivity contribution >= 4 is 17.2 Å². The molecule has 3 nitrogen and oxygen atoms in total. The van der Waals surface area contributed by atoms with Gasteiger partial charge in [0.05, 0.1) is 17.1 Å². The van der Waals surface area contributed by atoms with Gasteiger partial charge in [-0.05, 0) is 37.0 Å². The topological polar surface area (TPSA) is 42.0 Å². The number of aromatic nitrogens is 1. The Balaban J connectivity index is 1.55. The Bertz CT molecular complexity index is 709. The molecular weight excluding hydrogens is 325 g/mol. The second-order valence-electron chi connectivity index (χ2n) is 5.63. The minimum absolute atomic E-state index is 0.0143. The molecule has 0 saturated heterocycles. The Kier molecular flexibility index (Phi) is 4.14. The number of amides is 1. The van der Waals surface area contributed by atoms with Crippen molar-refractivity contribution in [3.05, 3.63) is 51.5 Å². The first-order valence-electron chi connectivity index (χ1n) is 7.21. The van der Waals surface area contributed by atoms with E-state index < -0.39 is 11.7 Å². The number of nitrogens with one attached hydrogen (secondary N) is 1. The molecular formula is C16H15F3N2OS. The molecule has 0 aliphatic heterocycles. The predicted molar refractivity (Wildman–Crippen MR) is 81.0 cm³/mol. The van der Waals surface area contributed by atoms with Gasteiger partial charge in [-0.25, -0.2) is 4.98 Å². The third-order valence-electron chi connectivity index (χ3n) is 3.90. The second kappa shape index (κ2) is 5.96. The number of nitrogens with zero attached hydrogens (tertiary/aromatic N) is 1. The van der Waals surface area contributed by atoms with E-state index in [-0.39, 0.29) is 17.7 Å². The van der Waals surface area contributed by atoms with Crippen molar-refractivity contribution in [2.45, 2.75) is 32.0 Å². The van der Waals surface area contributed by atoms with Crippen LogP contribution in [-0.2, 0) is 17.5 Å². The summed E-state index contributed by atoms with van der Waals surface area (Å²) in [7, 11) is 0. The lowest BCUT2D eigenvalue weighted by Crippen LogP contribution is -2.24. The lowest BCUT2D eigenvalue weighted by molar-refractivity contribution is -0.137. The monoisotopic (exact) mass is 340 g/mol. The summed E-state index contributed by atoms with van der Waals surface area (Å²) in [5.41, 5.74) is 0.121. The molecule has 1 heterocycles. The van der Waals surface area contributed by atoms with Crippen molar-refractivity contribution in [3.8, 4) is 0 Å². The van der Waals surface area contributed by atoms with Crippen molar-refractivity contribution in [3.63, 3.8) is 0 Å². The molecule has 2 aromatic rings. The van der Waals surface area contributed by atoms with Gasteiger partial charge in [-0.15, -0.1) is 11.3 Å². The molecule has 1 aromatic carbocycles. The lowest BCUT2D eigenvalue weighted by atomic mass is 10.1. The van der Waals surface area contributed by atoms with Gasteiger partial charge >= 0.3 is 6.18 Å². The molecule has 7 heteroatoms. The zero-order chi connectivity index (χ0) is 16.6. The van der Waals surface area contributed by atoms with Crippen molar-refractivity contribution in [1.82, 2.24) is 10.3 Å². The highest BCUT2D eigenvalue weighted by Gasteiger charge is 2.44. The molecule has 1 aliphatic rings. The highest BCUT2D eigenvalue weighted by atomic mass is 32.1. The van der Waals surface area contributed by atoms with Crippen LogP contribution in [-0.4, -0.2) is 10.9 Å². The summed E-state index contributed by atoms with van der Waals surface area (Å²) in [5, 5.41) is 3.81. The maximum atomic E-state index is 12.5. The summed E-state index contributed by atoms with van der Waals surface area (Å²) < 4.78 is 37.6. The predicted octanol–water partition coefficient (Wildman–Crippen LogP) is 3.89. The summed E-state index contributed by atoms with van der Waals surface area (Å²) >= 11 is 1.53. The smallest absolute Gasteiger partial charge is 0.351 e. The average molecular weight is 340 g/mol.